The lowest BCUT2D eigenvalue weighted by Gasteiger charge is -2.07. The Balaban J connectivity index is 2.39. The number of aromatic amines is 1. The summed E-state index contributed by atoms with van der Waals surface area (Å²) in [7, 11) is 0. The van der Waals surface area contributed by atoms with Gasteiger partial charge in [0.1, 0.15) is 5.82 Å². The quantitative estimate of drug-likeness (QED) is 0.617. The summed E-state index contributed by atoms with van der Waals surface area (Å²) < 4.78 is 15.5. The molecule has 0 atom stereocenters. The SMILES string of the molecule is Fc1ccc(Cl)c(-n2c(=S)[nH]c3cc(Cl)ccc32)c1. The molecule has 0 aliphatic heterocycles. The van der Waals surface area contributed by atoms with Crippen molar-refractivity contribution in [3.05, 3.63) is 57.0 Å². The van der Waals surface area contributed by atoms with Crippen molar-refractivity contribution in [2.45, 2.75) is 0 Å². The first kappa shape index (κ1) is 12.7. The van der Waals surface area contributed by atoms with Crippen LogP contribution in [0.2, 0.25) is 10.0 Å². The van der Waals surface area contributed by atoms with Crippen molar-refractivity contribution in [1.29, 1.82) is 0 Å². The Morgan fingerprint density at radius 1 is 1.11 bits per heavy atom. The molecular weight excluding hydrogens is 306 g/mol. The van der Waals surface area contributed by atoms with Crippen LogP contribution < -0.4 is 0 Å². The average Bonchev–Trinajstić information content (AvgIpc) is 2.67. The zero-order valence-corrected chi connectivity index (χ0v) is 11.8. The van der Waals surface area contributed by atoms with Crippen LogP contribution in [0.1, 0.15) is 0 Å². The van der Waals surface area contributed by atoms with Crippen LogP contribution >= 0.6 is 35.4 Å². The molecule has 6 heteroatoms. The van der Waals surface area contributed by atoms with Crippen LogP contribution in [0.5, 0.6) is 0 Å². The van der Waals surface area contributed by atoms with Gasteiger partial charge in [0.15, 0.2) is 4.77 Å². The number of nitrogens with zero attached hydrogens (tertiary/aromatic N) is 1. The first-order chi connectivity index (χ1) is 9.06. The van der Waals surface area contributed by atoms with Crippen molar-refractivity contribution in [3.8, 4) is 5.69 Å². The van der Waals surface area contributed by atoms with E-state index >= 15 is 0 Å². The molecular formula is C13H7Cl2FN2S. The van der Waals surface area contributed by atoms with Crippen molar-refractivity contribution < 1.29 is 4.39 Å². The van der Waals surface area contributed by atoms with E-state index in [0.717, 1.165) is 11.0 Å². The van der Waals surface area contributed by atoms with Gasteiger partial charge in [-0.3, -0.25) is 4.57 Å². The molecule has 1 aromatic heterocycles. The Kier molecular flexibility index (Phi) is 3.09. The lowest BCUT2D eigenvalue weighted by atomic mass is 10.2. The van der Waals surface area contributed by atoms with Gasteiger partial charge < -0.3 is 4.98 Å². The van der Waals surface area contributed by atoms with E-state index in [0.29, 0.717) is 20.5 Å². The number of rotatable bonds is 1. The van der Waals surface area contributed by atoms with Crippen LogP contribution in [0, 0.1) is 10.6 Å². The number of hydrogen-bond acceptors (Lipinski definition) is 1. The Hall–Kier alpha value is -1.36. The van der Waals surface area contributed by atoms with Crippen molar-refractivity contribution in [2.75, 3.05) is 0 Å². The van der Waals surface area contributed by atoms with E-state index in [1.54, 1.807) is 16.7 Å². The van der Waals surface area contributed by atoms with Gasteiger partial charge in [-0.2, -0.15) is 0 Å². The molecule has 0 aliphatic carbocycles. The highest BCUT2D eigenvalue weighted by atomic mass is 35.5. The molecule has 0 aliphatic rings. The second-order valence-electron chi connectivity index (χ2n) is 4.02. The van der Waals surface area contributed by atoms with Gasteiger partial charge in [-0.1, -0.05) is 23.2 Å². The predicted molar refractivity (Wildman–Crippen MR) is 78.4 cm³/mol. The van der Waals surface area contributed by atoms with Crippen LogP contribution in [0.15, 0.2) is 36.4 Å². The number of hydrogen-bond donors (Lipinski definition) is 1. The number of fused-ring (bicyclic) bond motifs is 1. The summed E-state index contributed by atoms with van der Waals surface area (Å²) in [4.78, 5) is 3.03. The van der Waals surface area contributed by atoms with E-state index in [1.165, 1.54) is 18.2 Å². The molecule has 0 saturated carbocycles. The lowest BCUT2D eigenvalue weighted by Crippen LogP contribution is -1.96. The smallest absolute Gasteiger partial charge is 0.182 e. The van der Waals surface area contributed by atoms with Crippen LogP contribution in [0.4, 0.5) is 4.39 Å². The van der Waals surface area contributed by atoms with Crippen molar-refractivity contribution in [3.63, 3.8) is 0 Å². The molecule has 2 aromatic carbocycles. The number of benzene rings is 2. The number of halogens is 3. The van der Waals surface area contributed by atoms with Crippen LogP contribution in [-0.4, -0.2) is 9.55 Å². The molecule has 0 radical (unpaired) electrons. The fourth-order valence-electron chi connectivity index (χ4n) is 1.98. The van der Waals surface area contributed by atoms with E-state index in [4.69, 9.17) is 35.4 Å². The number of H-pyrrole nitrogens is 1. The Morgan fingerprint density at radius 2 is 1.89 bits per heavy atom. The number of aromatic nitrogens is 2. The summed E-state index contributed by atoms with van der Waals surface area (Å²) in [6.07, 6.45) is 0. The molecule has 0 saturated heterocycles. The minimum atomic E-state index is -0.371. The topological polar surface area (TPSA) is 20.7 Å². The van der Waals surface area contributed by atoms with Crippen molar-refractivity contribution >= 4 is 46.5 Å². The highest BCUT2D eigenvalue weighted by Crippen LogP contribution is 2.27. The monoisotopic (exact) mass is 312 g/mol. The number of imidazole rings is 1. The van der Waals surface area contributed by atoms with E-state index < -0.39 is 0 Å². The second kappa shape index (κ2) is 4.63. The summed E-state index contributed by atoms with van der Waals surface area (Å²) in [6.45, 7) is 0. The van der Waals surface area contributed by atoms with Crippen molar-refractivity contribution in [1.82, 2.24) is 9.55 Å². The lowest BCUT2D eigenvalue weighted by molar-refractivity contribution is 0.626. The third-order valence-electron chi connectivity index (χ3n) is 2.79. The fraction of sp³-hybridized carbons (Fsp3) is 0. The molecule has 96 valence electrons. The Labute approximate surface area is 123 Å². The average molecular weight is 313 g/mol. The summed E-state index contributed by atoms with van der Waals surface area (Å²) >= 11 is 17.3. The van der Waals surface area contributed by atoms with Crippen molar-refractivity contribution in [2.24, 2.45) is 0 Å². The van der Waals surface area contributed by atoms with Crippen LogP contribution in [0.3, 0.4) is 0 Å². The minimum absolute atomic E-state index is 0.371. The molecule has 0 unspecified atom stereocenters. The zero-order chi connectivity index (χ0) is 13.6. The standard InChI is InChI=1S/C13H7Cl2FN2S/c14-7-1-4-11-10(5-7)17-13(19)18(11)12-6-8(16)2-3-9(12)15/h1-6H,(H,17,19). The highest BCUT2D eigenvalue weighted by molar-refractivity contribution is 7.71. The van der Waals surface area contributed by atoms with Gasteiger partial charge in [0.25, 0.3) is 0 Å². The van der Waals surface area contributed by atoms with Crippen LogP contribution in [-0.2, 0) is 0 Å². The maximum atomic E-state index is 13.4. The first-order valence-corrected chi connectivity index (χ1v) is 6.58. The summed E-state index contributed by atoms with van der Waals surface area (Å²) in [5, 5.41) is 1.02. The van der Waals surface area contributed by atoms with Gasteiger partial charge >= 0.3 is 0 Å². The number of nitrogens with one attached hydrogen (secondary N) is 1. The van der Waals surface area contributed by atoms with Gasteiger partial charge in [-0.25, -0.2) is 4.39 Å². The van der Waals surface area contributed by atoms with E-state index in [1.807, 2.05) is 6.07 Å². The first-order valence-electron chi connectivity index (χ1n) is 5.42. The molecule has 1 heterocycles. The fourth-order valence-corrected chi connectivity index (χ4v) is 2.66. The van der Waals surface area contributed by atoms with E-state index in [-0.39, 0.29) is 5.82 Å². The molecule has 19 heavy (non-hydrogen) atoms. The minimum Gasteiger partial charge on any atom is -0.330 e. The highest BCUT2D eigenvalue weighted by Gasteiger charge is 2.11. The molecule has 3 rings (SSSR count). The molecule has 1 N–H and O–H groups in total. The van der Waals surface area contributed by atoms with Crippen LogP contribution in [0.25, 0.3) is 16.7 Å². The molecule has 0 bridgehead atoms. The van der Waals surface area contributed by atoms with Gasteiger partial charge in [0.2, 0.25) is 0 Å². The van der Waals surface area contributed by atoms with E-state index in [9.17, 15) is 4.39 Å². The molecule has 0 spiro atoms. The summed E-state index contributed by atoms with van der Waals surface area (Å²) in [6, 6.07) is 9.47. The second-order valence-corrected chi connectivity index (χ2v) is 5.25. The van der Waals surface area contributed by atoms with Gasteiger partial charge in [-0.05, 0) is 48.6 Å². The normalized spacial score (nSPS) is 11.1. The summed E-state index contributed by atoms with van der Waals surface area (Å²) in [5.41, 5.74) is 2.07. The molecule has 3 aromatic rings. The Bertz CT molecular complexity index is 838. The maximum absolute atomic E-state index is 13.4. The van der Waals surface area contributed by atoms with Gasteiger partial charge in [0.05, 0.1) is 21.7 Å². The zero-order valence-electron chi connectivity index (χ0n) is 9.45. The van der Waals surface area contributed by atoms with Gasteiger partial charge in [0, 0.05) is 5.02 Å². The Morgan fingerprint density at radius 3 is 2.68 bits per heavy atom. The molecule has 0 fully saturated rings. The molecule has 0 amide bonds. The maximum Gasteiger partial charge on any atom is 0.182 e. The van der Waals surface area contributed by atoms with E-state index in [2.05, 4.69) is 4.98 Å². The third-order valence-corrected chi connectivity index (χ3v) is 3.63. The summed E-state index contributed by atoms with van der Waals surface area (Å²) in [5.74, 6) is -0.371. The molecule has 2 nitrogen and oxygen atoms in total. The predicted octanol–water partition coefficient (Wildman–Crippen LogP) is 5.13. The van der Waals surface area contributed by atoms with Gasteiger partial charge in [-0.15, -0.1) is 0 Å². The largest absolute Gasteiger partial charge is 0.330 e. The third kappa shape index (κ3) is 2.16.